The van der Waals surface area contributed by atoms with Gasteiger partial charge < -0.3 is 14.0 Å². The van der Waals surface area contributed by atoms with Gasteiger partial charge in [0, 0.05) is 25.4 Å². The van der Waals surface area contributed by atoms with Crippen LogP contribution in [0.3, 0.4) is 0 Å². The molecule has 0 aliphatic carbocycles. The zero-order valence-corrected chi connectivity index (χ0v) is 14.7. The SMILES string of the molecule is COc1ccc(Cn2cc(S(=O)(=O)N3CCOCC3)ccc2=O)cc1. The second-order valence-electron chi connectivity index (χ2n) is 5.70. The summed E-state index contributed by atoms with van der Waals surface area (Å²) in [7, 11) is -2.05. The van der Waals surface area contributed by atoms with Crippen LogP contribution in [0.4, 0.5) is 0 Å². The van der Waals surface area contributed by atoms with Crippen LogP contribution in [0.2, 0.25) is 0 Å². The molecule has 1 aliphatic rings. The van der Waals surface area contributed by atoms with Gasteiger partial charge in [0.25, 0.3) is 5.56 Å². The molecule has 1 aromatic carbocycles. The number of hydrogen-bond donors (Lipinski definition) is 0. The highest BCUT2D eigenvalue weighted by Gasteiger charge is 2.26. The molecule has 1 aliphatic heterocycles. The largest absolute Gasteiger partial charge is 0.497 e. The van der Waals surface area contributed by atoms with Gasteiger partial charge in [0.15, 0.2) is 0 Å². The predicted molar refractivity (Wildman–Crippen MR) is 92.4 cm³/mol. The van der Waals surface area contributed by atoms with E-state index < -0.39 is 10.0 Å². The van der Waals surface area contributed by atoms with Gasteiger partial charge in [-0.3, -0.25) is 4.79 Å². The molecule has 1 saturated heterocycles. The minimum atomic E-state index is -3.63. The van der Waals surface area contributed by atoms with E-state index in [2.05, 4.69) is 0 Å². The monoisotopic (exact) mass is 364 g/mol. The first-order valence-corrected chi connectivity index (χ1v) is 9.36. The average Bonchev–Trinajstić information content (AvgIpc) is 2.64. The maximum atomic E-state index is 12.7. The number of aromatic nitrogens is 1. The van der Waals surface area contributed by atoms with Crippen LogP contribution in [0.5, 0.6) is 5.75 Å². The lowest BCUT2D eigenvalue weighted by atomic mass is 10.2. The summed E-state index contributed by atoms with van der Waals surface area (Å²) in [6.07, 6.45) is 1.40. The van der Waals surface area contributed by atoms with Crippen molar-refractivity contribution in [3.05, 3.63) is 58.5 Å². The van der Waals surface area contributed by atoms with Gasteiger partial charge in [-0.15, -0.1) is 0 Å². The minimum absolute atomic E-state index is 0.113. The summed E-state index contributed by atoms with van der Waals surface area (Å²) in [5.41, 5.74) is 0.626. The van der Waals surface area contributed by atoms with Gasteiger partial charge in [0.2, 0.25) is 10.0 Å². The van der Waals surface area contributed by atoms with E-state index in [1.54, 1.807) is 19.2 Å². The quantitative estimate of drug-likeness (QED) is 0.789. The molecule has 134 valence electrons. The van der Waals surface area contributed by atoms with E-state index in [9.17, 15) is 13.2 Å². The molecular formula is C17H20N2O5S. The second-order valence-corrected chi connectivity index (χ2v) is 7.63. The van der Waals surface area contributed by atoms with E-state index >= 15 is 0 Å². The predicted octanol–water partition coefficient (Wildman–Crippen LogP) is 0.926. The van der Waals surface area contributed by atoms with Crippen molar-refractivity contribution in [2.24, 2.45) is 0 Å². The maximum Gasteiger partial charge on any atom is 0.250 e. The zero-order valence-electron chi connectivity index (χ0n) is 13.9. The third kappa shape index (κ3) is 3.92. The van der Waals surface area contributed by atoms with Crippen molar-refractivity contribution >= 4 is 10.0 Å². The van der Waals surface area contributed by atoms with Gasteiger partial charge in [-0.05, 0) is 23.8 Å². The molecule has 0 amide bonds. The zero-order chi connectivity index (χ0) is 17.9. The average molecular weight is 364 g/mol. The first-order chi connectivity index (χ1) is 12.0. The molecule has 0 bridgehead atoms. The third-order valence-electron chi connectivity index (χ3n) is 4.08. The Balaban J connectivity index is 1.88. The lowest BCUT2D eigenvalue weighted by molar-refractivity contribution is 0.0730. The van der Waals surface area contributed by atoms with Crippen LogP contribution in [0, 0.1) is 0 Å². The molecule has 0 N–H and O–H groups in total. The Kier molecular flexibility index (Phi) is 5.22. The molecule has 0 atom stereocenters. The van der Waals surface area contributed by atoms with Crippen molar-refractivity contribution in [1.82, 2.24) is 8.87 Å². The molecule has 0 spiro atoms. The molecule has 1 fully saturated rings. The number of rotatable bonds is 5. The van der Waals surface area contributed by atoms with E-state index in [1.807, 2.05) is 12.1 Å². The number of benzene rings is 1. The Hall–Kier alpha value is -2.16. The van der Waals surface area contributed by atoms with Crippen molar-refractivity contribution < 1.29 is 17.9 Å². The van der Waals surface area contributed by atoms with Crippen molar-refractivity contribution in [3.8, 4) is 5.75 Å². The molecule has 25 heavy (non-hydrogen) atoms. The van der Waals surface area contributed by atoms with Crippen molar-refractivity contribution in [2.45, 2.75) is 11.4 Å². The molecule has 0 unspecified atom stereocenters. The summed E-state index contributed by atoms with van der Waals surface area (Å²) >= 11 is 0. The number of hydrogen-bond acceptors (Lipinski definition) is 5. The van der Waals surface area contributed by atoms with Crippen molar-refractivity contribution in [2.75, 3.05) is 33.4 Å². The number of sulfonamides is 1. The second kappa shape index (κ2) is 7.38. The van der Waals surface area contributed by atoms with Crippen LogP contribution in [0.15, 0.2) is 52.3 Å². The van der Waals surface area contributed by atoms with Crippen LogP contribution in [-0.2, 0) is 21.3 Å². The number of nitrogens with zero attached hydrogens (tertiary/aromatic N) is 2. The summed E-state index contributed by atoms with van der Waals surface area (Å²) in [6, 6.07) is 9.93. The van der Waals surface area contributed by atoms with E-state index in [0.717, 1.165) is 11.3 Å². The molecule has 2 heterocycles. The molecule has 8 heteroatoms. The highest BCUT2D eigenvalue weighted by atomic mass is 32.2. The highest BCUT2D eigenvalue weighted by molar-refractivity contribution is 7.89. The van der Waals surface area contributed by atoms with Crippen LogP contribution >= 0.6 is 0 Å². The molecule has 0 radical (unpaired) electrons. The van der Waals surface area contributed by atoms with Gasteiger partial charge in [0.05, 0.1) is 31.8 Å². The minimum Gasteiger partial charge on any atom is -0.497 e. The Morgan fingerprint density at radius 3 is 2.40 bits per heavy atom. The van der Waals surface area contributed by atoms with Crippen LogP contribution in [0.25, 0.3) is 0 Å². The van der Waals surface area contributed by atoms with Gasteiger partial charge in [-0.25, -0.2) is 8.42 Å². The molecule has 3 rings (SSSR count). The fraction of sp³-hybridized carbons (Fsp3) is 0.353. The first-order valence-electron chi connectivity index (χ1n) is 7.92. The molecule has 2 aromatic rings. The number of pyridine rings is 1. The number of methoxy groups -OCH3 is 1. The summed E-state index contributed by atoms with van der Waals surface area (Å²) < 4.78 is 38.5. The fourth-order valence-electron chi connectivity index (χ4n) is 2.65. The highest BCUT2D eigenvalue weighted by Crippen LogP contribution is 2.17. The molecule has 0 saturated carbocycles. The third-order valence-corrected chi connectivity index (χ3v) is 5.96. The normalized spacial score (nSPS) is 15.9. The molecule has 7 nitrogen and oxygen atoms in total. The Bertz CT molecular complexity index is 884. The van der Waals surface area contributed by atoms with Gasteiger partial charge in [0.1, 0.15) is 5.75 Å². The van der Waals surface area contributed by atoms with E-state index in [0.29, 0.717) is 26.3 Å². The summed E-state index contributed by atoms with van der Waals surface area (Å²) in [5, 5.41) is 0. The molecule has 1 aromatic heterocycles. The van der Waals surface area contributed by atoms with E-state index in [-0.39, 0.29) is 17.0 Å². The van der Waals surface area contributed by atoms with Gasteiger partial charge >= 0.3 is 0 Å². The summed E-state index contributed by atoms with van der Waals surface area (Å²) in [6.45, 7) is 1.69. The Morgan fingerprint density at radius 1 is 1.08 bits per heavy atom. The number of morpholine rings is 1. The topological polar surface area (TPSA) is 77.8 Å². The van der Waals surface area contributed by atoms with Crippen molar-refractivity contribution in [3.63, 3.8) is 0 Å². The Morgan fingerprint density at radius 2 is 1.76 bits per heavy atom. The lowest BCUT2D eigenvalue weighted by Gasteiger charge is -2.26. The van der Waals surface area contributed by atoms with Crippen LogP contribution < -0.4 is 10.3 Å². The first kappa shape index (κ1) is 17.7. The number of ether oxygens (including phenoxy) is 2. The van der Waals surface area contributed by atoms with E-state index in [1.165, 1.54) is 27.2 Å². The van der Waals surface area contributed by atoms with E-state index in [4.69, 9.17) is 9.47 Å². The van der Waals surface area contributed by atoms with Crippen LogP contribution in [0.1, 0.15) is 5.56 Å². The molecular weight excluding hydrogens is 344 g/mol. The lowest BCUT2D eigenvalue weighted by Crippen LogP contribution is -2.41. The Labute approximate surface area is 146 Å². The smallest absolute Gasteiger partial charge is 0.250 e. The van der Waals surface area contributed by atoms with Gasteiger partial charge in [-0.1, -0.05) is 12.1 Å². The summed E-state index contributed by atoms with van der Waals surface area (Å²) in [4.78, 5) is 12.2. The van der Waals surface area contributed by atoms with Crippen molar-refractivity contribution in [1.29, 1.82) is 0 Å². The van der Waals surface area contributed by atoms with Gasteiger partial charge in [-0.2, -0.15) is 4.31 Å². The van der Waals surface area contributed by atoms with Crippen LogP contribution in [-0.4, -0.2) is 50.7 Å². The summed E-state index contributed by atoms with van der Waals surface area (Å²) in [5.74, 6) is 0.722. The fourth-order valence-corrected chi connectivity index (χ4v) is 4.08. The maximum absolute atomic E-state index is 12.7. The standard InChI is InChI=1S/C17H20N2O5S/c1-23-15-4-2-14(3-5-15)12-18-13-16(6-7-17(18)20)25(21,22)19-8-10-24-11-9-19/h2-7,13H,8-12H2,1H3.